The summed E-state index contributed by atoms with van der Waals surface area (Å²) >= 11 is 0. The van der Waals surface area contributed by atoms with Crippen molar-refractivity contribution in [2.24, 2.45) is 0 Å². The molecule has 1 aliphatic rings. The number of sulfone groups is 1. The highest BCUT2D eigenvalue weighted by Crippen LogP contribution is 2.21. The Labute approximate surface area is 175 Å². The van der Waals surface area contributed by atoms with E-state index in [9.17, 15) is 8.42 Å². The highest BCUT2D eigenvalue weighted by atomic mass is 32.2. The molecule has 0 saturated carbocycles. The van der Waals surface area contributed by atoms with Gasteiger partial charge in [-0.1, -0.05) is 36.4 Å². The fourth-order valence-corrected chi connectivity index (χ4v) is 4.74. The SMILES string of the molecule is CC(C)S(=O)(=O)Cc1ccc(CCc2ccc(N3C[C@@H](C)O[C@@H](C)C3)cc2)cc1. The van der Waals surface area contributed by atoms with Crippen molar-refractivity contribution in [1.29, 1.82) is 0 Å². The maximum absolute atomic E-state index is 12.1. The van der Waals surface area contributed by atoms with E-state index >= 15 is 0 Å². The monoisotopic (exact) mass is 415 g/mol. The van der Waals surface area contributed by atoms with Crippen LogP contribution < -0.4 is 4.90 Å². The van der Waals surface area contributed by atoms with Gasteiger partial charge in [-0.2, -0.15) is 0 Å². The van der Waals surface area contributed by atoms with Crippen LogP contribution in [0.25, 0.3) is 0 Å². The van der Waals surface area contributed by atoms with Gasteiger partial charge in [0.25, 0.3) is 0 Å². The van der Waals surface area contributed by atoms with Crippen molar-refractivity contribution in [2.45, 2.75) is 63.7 Å². The van der Waals surface area contributed by atoms with Crippen LogP contribution in [0.3, 0.4) is 0 Å². The Bertz CT molecular complexity index is 879. The number of nitrogens with zero attached hydrogens (tertiary/aromatic N) is 1. The summed E-state index contributed by atoms with van der Waals surface area (Å²) in [5, 5.41) is -0.339. The van der Waals surface area contributed by atoms with Gasteiger partial charge in [-0.3, -0.25) is 0 Å². The summed E-state index contributed by atoms with van der Waals surface area (Å²) in [5.74, 6) is 0.116. The van der Waals surface area contributed by atoms with Crippen LogP contribution in [0, 0.1) is 0 Å². The number of hydrogen-bond acceptors (Lipinski definition) is 4. The Morgan fingerprint density at radius 2 is 1.31 bits per heavy atom. The van der Waals surface area contributed by atoms with Crippen LogP contribution in [0.15, 0.2) is 48.5 Å². The average Bonchev–Trinajstić information content (AvgIpc) is 2.67. The van der Waals surface area contributed by atoms with Gasteiger partial charge in [-0.15, -0.1) is 0 Å². The molecule has 0 amide bonds. The van der Waals surface area contributed by atoms with Gasteiger partial charge in [0.1, 0.15) is 0 Å². The minimum Gasteiger partial charge on any atom is -0.372 e. The Morgan fingerprint density at radius 1 is 0.862 bits per heavy atom. The molecule has 1 fully saturated rings. The van der Waals surface area contributed by atoms with Crippen molar-refractivity contribution >= 4 is 15.5 Å². The smallest absolute Gasteiger partial charge is 0.156 e. The number of morpholine rings is 1. The third-order valence-corrected chi connectivity index (χ3v) is 7.70. The Kier molecular flexibility index (Phi) is 7.01. The number of ether oxygens (including phenoxy) is 1. The summed E-state index contributed by atoms with van der Waals surface area (Å²) in [6, 6.07) is 16.8. The molecule has 2 atom stereocenters. The summed E-state index contributed by atoms with van der Waals surface area (Å²) in [4.78, 5) is 2.40. The van der Waals surface area contributed by atoms with E-state index in [1.165, 1.54) is 16.8 Å². The average molecular weight is 416 g/mol. The van der Waals surface area contributed by atoms with Crippen LogP contribution in [-0.2, 0) is 33.2 Å². The molecule has 0 spiro atoms. The summed E-state index contributed by atoms with van der Waals surface area (Å²) in [6.45, 7) is 9.58. The zero-order valence-electron chi connectivity index (χ0n) is 18.0. The fourth-order valence-electron chi connectivity index (χ4n) is 3.75. The van der Waals surface area contributed by atoms with E-state index in [1.807, 2.05) is 12.1 Å². The highest BCUT2D eigenvalue weighted by molar-refractivity contribution is 7.91. The van der Waals surface area contributed by atoms with Crippen LogP contribution in [-0.4, -0.2) is 39.0 Å². The van der Waals surface area contributed by atoms with Gasteiger partial charge in [0, 0.05) is 18.8 Å². The Morgan fingerprint density at radius 3 is 1.79 bits per heavy atom. The van der Waals surface area contributed by atoms with Gasteiger partial charge in [0.15, 0.2) is 9.84 Å². The molecule has 1 saturated heterocycles. The lowest BCUT2D eigenvalue weighted by atomic mass is 10.0. The van der Waals surface area contributed by atoms with Gasteiger partial charge < -0.3 is 9.64 Å². The second kappa shape index (κ2) is 9.31. The molecule has 0 unspecified atom stereocenters. The first-order valence-corrected chi connectivity index (χ1v) is 12.2. The summed E-state index contributed by atoms with van der Waals surface area (Å²) in [6.07, 6.45) is 2.44. The van der Waals surface area contributed by atoms with E-state index in [4.69, 9.17) is 4.74 Å². The van der Waals surface area contributed by atoms with Crippen molar-refractivity contribution in [3.63, 3.8) is 0 Å². The number of anilines is 1. The number of rotatable bonds is 7. The third kappa shape index (κ3) is 6.06. The van der Waals surface area contributed by atoms with E-state index < -0.39 is 9.84 Å². The molecule has 0 radical (unpaired) electrons. The first kappa shape index (κ1) is 21.8. The number of aryl methyl sites for hydroxylation is 2. The lowest BCUT2D eigenvalue weighted by molar-refractivity contribution is -0.00521. The third-order valence-electron chi connectivity index (χ3n) is 5.53. The zero-order chi connectivity index (χ0) is 21.0. The molecule has 3 rings (SSSR count). The van der Waals surface area contributed by atoms with Crippen molar-refractivity contribution < 1.29 is 13.2 Å². The van der Waals surface area contributed by atoms with E-state index in [0.717, 1.165) is 31.5 Å². The molecule has 4 nitrogen and oxygen atoms in total. The normalized spacial score (nSPS) is 20.2. The Balaban J connectivity index is 1.55. The number of benzene rings is 2. The molecule has 1 heterocycles. The molecule has 0 aliphatic carbocycles. The van der Waals surface area contributed by atoms with Gasteiger partial charge in [0.05, 0.1) is 23.2 Å². The Hall–Kier alpha value is -1.85. The van der Waals surface area contributed by atoms with E-state index in [2.05, 4.69) is 55.1 Å². The van der Waals surface area contributed by atoms with Gasteiger partial charge in [-0.25, -0.2) is 8.42 Å². The van der Waals surface area contributed by atoms with Gasteiger partial charge in [-0.05, 0) is 69.4 Å². The maximum Gasteiger partial charge on any atom is 0.156 e. The molecule has 2 aromatic carbocycles. The molecule has 5 heteroatoms. The van der Waals surface area contributed by atoms with Gasteiger partial charge in [0.2, 0.25) is 0 Å². The van der Waals surface area contributed by atoms with Crippen LogP contribution in [0.2, 0.25) is 0 Å². The quantitative estimate of drug-likeness (QED) is 0.672. The van der Waals surface area contributed by atoms with Crippen LogP contribution >= 0.6 is 0 Å². The molecule has 1 aliphatic heterocycles. The fraction of sp³-hybridized carbons (Fsp3) is 0.500. The molecule has 0 N–H and O–H groups in total. The van der Waals surface area contributed by atoms with E-state index in [1.54, 1.807) is 13.8 Å². The lowest BCUT2D eigenvalue weighted by Gasteiger charge is -2.36. The second-order valence-electron chi connectivity index (χ2n) is 8.50. The maximum atomic E-state index is 12.1. The van der Waals surface area contributed by atoms with Crippen molar-refractivity contribution in [3.05, 3.63) is 65.2 Å². The van der Waals surface area contributed by atoms with Crippen molar-refractivity contribution in [3.8, 4) is 0 Å². The minimum absolute atomic E-state index is 0.116. The summed E-state index contributed by atoms with van der Waals surface area (Å²) < 4.78 is 29.9. The molecular formula is C24H33NO3S. The lowest BCUT2D eigenvalue weighted by Crippen LogP contribution is -2.45. The molecular weight excluding hydrogens is 382 g/mol. The predicted octanol–water partition coefficient (Wildman–Crippen LogP) is 4.41. The standard InChI is InChI=1S/C24H33NO3S/c1-18(2)29(26,27)17-23-9-7-21(8-10-23)5-6-22-11-13-24(14-12-22)25-15-19(3)28-20(4)16-25/h7-14,18-20H,5-6,15-17H2,1-4H3/t19-,20+. The molecule has 158 valence electrons. The minimum atomic E-state index is -3.05. The highest BCUT2D eigenvalue weighted by Gasteiger charge is 2.22. The first-order chi connectivity index (χ1) is 13.7. The predicted molar refractivity (Wildman–Crippen MR) is 120 cm³/mol. The van der Waals surface area contributed by atoms with E-state index in [-0.39, 0.29) is 23.2 Å². The van der Waals surface area contributed by atoms with Crippen LogP contribution in [0.5, 0.6) is 0 Å². The van der Waals surface area contributed by atoms with Crippen LogP contribution in [0.4, 0.5) is 5.69 Å². The zero-order valence-corrected chi connectivity index (χ0v) is 18.8. The molecule has 0 aromatic heterocycles. The van der Waals surface area contributed by atoms with Crippen molar-refractivity contribution in [1.82, 2.24) is 0 Å². The largest absolute Gasteiger partial charge is 0.372 e. The van der Waals surface area contributed by atoms with Crippen molar-refractivity contribution in [2.75, 3.05) is 18.0 Å². The topological polar surface area (TPSA) is 46.6 Å². The second-order valence-corrected chi connectivity index (χ2v) is 11.1. The summed E-state index contributed by atoms with van der Waals surface area (Å²) in [7, 11) is -3.05. The van der Waals surface area contributed by atoms with Crippen LogP contribution in [0.1, 0.15) is 44.4 Å². The molecule has 29 heavy (non-hydrogen) atoms. The van der Waals surface area contributed by atoms with Gasteiger partial charge >= 0.3 is 0 Å². The first-order valence-electron chi connectivity index (χ1n) is 10.5. The molecule has 2 aromatic rings. The van der Waals surface area contributed by atoms with E-state index in [0.29, 0.717) is 0 Å². The molecule has 0 bridgehead atoms. The number of hydrogen-bond donors (Lipinski definition) is 0. The summed E-state index contributed by atoms with van der Waals surface area (Å²) in [5.41, 5.74) is 4.66.